The van der Waals surface area contributed by atoms with Crippen LogP contribution in [0.3, 0.4) is 0 Å². The Labute approximate surface area is 78.1 Å². The molecule has 2 fully saturated rings. The Morgan fingerprint density at radius 1 is 1.46 bits per heavy atom. The van der Waals surface area contributed by atoms with Crippen molar-refractivity contribution < 1.29 is 14.6 Å². The maximum atomic E-state index is 11.0. The molecule has 1 N–H and O–H groups in total. The van der Waals surface area contributed by atoms with E-state index in [1.165, 1.54) is 0 Å². The summed E-state index contributed by atoms with van der Waals surface area (Å²) in [7, 11) is 0. The average Bonchev–Trinajstić information content (AvgIpc) is 2.79. The largest absolute Gasteiger partial charge is 0.441 e. The Morgan fingerprint density at radius 3 is 2.38 bits per heavy atom. The summed E-state index contributed by atoms with van der Waals surface area (Å²) >= 11 is 0. The molecule has 0 aromatic rings. The fourth-order valence-corrected chi connectivity index (χ4v) is 2.34. The van der Waals surface area contributed by atoms with Crippen molar-refractivity contribution >= 4 is 5.97 Å². The van der Waals surface area contributed by atoms with Gasteiger partial charge in [-0.3, -0.25) is 0 Å². The van der Waals surface area contributed by atoms with Crippen LogP contribution in [0.15, 0.2) is 0 Å². The highest BCUT2D eigenvalue weighted by Crippen LogP contribution is 2.45. The third-order valence-electron chi connectivity index (χ3n) is 3.49. The van der Waals surface area contributed by atoms with E-state index in [2.05, 4.69) is 6.92 Å². The number of aliphatic hydroxyl groups is 1. The van der Waals surface area contributed by atoms with Gasteiger partial charge in [-0.2, -0.15) is 0 Å². The number of hydrogen-bond acceptors (Lipinski definition) is 3. The molecule has 1 aliphatic heterocycles. The molecular formula is C10H16O3. The fourth-order valence-electron chi connectivity index (χ4n) is 2.34. The van der Waals surface area contributed by atoms with Gasteiger partial charge in [-0.25, -0.2) is 4.79 Å². The third-order valence-corrected chi connectivity index (χ3v) is 3.49. The van der Waals surface area contributed by atoms with E-state index in [0.29, 0.717) is 0 Å². The first-order valence-corrected chi connectivity index (χ1v) is 5.03. The van der Waals surface area contributed by atoms with E-state index in [0.717, 1.165) is 31.6 Å². The van der Waals surface area contributed by atoms with E-state index >= 15 is 0 Å². The van der Waals surface area contributed by atoms with Gasteiger partial charge >= 0.3 is 5.97 Å². The molecule has 1 unspecified atom stereocenters. The molecule has 2 rings (SSSR count). The van der Waals surface area contributed by atoms with Gasteiger partial charge in [0.05, 0.1) is 6.61 Å². The highest BCUT2D eigenvalue weighted by atomic mass is 16.7. The molecule has 13 heavy (non-hydrogen) atoms. The van der Waals surface area contributed by atoms with Gasteiger partial charge in [0.15, 0.2) is 0 Å². The van der Waals surface area contributed by atoms with Crippen molar-refractivity contribution in [2.75, 3.05) is 6.61 Å². The summed E-state index contributed by atoms with van der Waals surface area (Å²) in [5.74, 6) is 0.830. The van der Waals surface area contributed by atoms with Crippen LogP contribution >= 0.6 is 0 Å². The zero-order chi connectivity index (χ0) is 9.47. The number of aliphatic hydroxyl groups excluding tert-OH is 1. The highest BCUT2D eigenvalue weighted by Gasteiger charge is 2.62. The highest BCUT2D eigenvalue weighted by molar-refractivity contribution is 5.93. The minimum absolute atomic E-state index is 0.134. The van der Waals surface area contributed by atoms with Gasteiger partial charge in [-0.1, -0.05) is 19.8 Å². The van der Waals surface area contributed by atoms with Crippen molar-refractivity contribution in [2.45, 2.75) is 38.2 Å². The van der Waals surface area contributed by atoms with Gasteiger partial charge in [0.25, 0.3) is 0 Å². The molecule has 1 heterocycles. The maximum Gasteiger partial charge on any atom is 0.354 e. The second kappa shape index (κ2) is 2.98. The van der Waals surface area contributed by atoms with Crippen molar-refractivity contribution in [2.24, 2.45) is 11.8 Å². The lowest BCUT2D eigenvalue weighted by Crippen LogP contribution is -2.32. The number of carbonyl (C=O) groups excluding carboxylic acids is 1. The summed E-state index contributed by atoms with van der Waals surface area (Å²) in [6.45, 7) is 2.10. The van der Waals surface area contributed by atoms with Crippen LogP contribution in [-0.2, 0) is 9.53 Å². The normalized spacial score (nSPS) is 44.3. The zero-order valence-corrected chi connectivity index (χ0v) is 7.95. The van der Waals surface area contributed by atoms with Crippen LogP contribution in [0.1, 0.15) is 32.6 Å². The molecule has 1 atom stereocenters. The Morgan fingerprint density at radius 2 is 2.00 bits per heavy atom. The predicted molar refractivity (Wildman–Crippen MR) is 47.0 cm³/mol. The van der Waals surface area contributed by atoms with Crippen LogP contribution in [-0.4, -0.2) is 23.3 Å². The first-order valence-electron chi connectivity index (χ1n) is 5.03. The summed E-state index contributed by atoms with van der Waals surface area (Å²) in [6.07, 6.45) is 4.35. The molecule has 3 heteroatoms. The Kier molecular flexibility index (Phi) is 2.06. The van der Waals surface area contributed by atoms with Gasteiger partial charge in [0, 0.05) is 5.92 Å². The summed E-state index contributed by atoms with van der Waals surface area (Å²) in [6, 6.07) is 0. The molecular weight excluding hydrogens is 168 g/mol. The number of hydrogen-bond donors (Lipinski definition) is 1. The first-order chi connectivity index (χ1) is 6.19. The summed E-state index contributed by atoms with van der Waals surface area (Å²) in [4.78, 5) is 11.0. The van der Waals surface area contributed by atoms with Crippen LogP contribution in [0.2, 0.25) is 0 Å². The summed E-state index contributed by atoms with van der Waals surface area (Å²) in [5, 5.41) is 9.10. The summed E-state index contributed by atoms with van der Waals surface area (Å²) < 4.78 is 4.94. The minimum atomic E-state index is -0.778. The standard InChI is InChI=1S/C10H16O3/c1-7-2-4-8(5-3-7)10(6-11)9(12)13-10/h7-8,11H,2-6H2,1H3. The third kappa shape index (κ3) is 1.35. The van der Waals surface area contributed by atoms with Crippen molar-refractivity contribution in [1.82, 2.24) is 0 Å². The quantitative estimate of drug-likeness (QED) is 0.654. The molecule has 0 radical (unpaired) electrons. The maximum absolute atomic E-state index is 11.0. The number of cyclic esters (lactones) is 1. The van der Waals surface area contributed by atoms with Crippen LogP contribution < -0.4 is 0 Å². The van der Waals surface area contributed by atoms with Crippen molar-refractivity contribution in [3.63, 3.8) is 0 Å². The van der Waals surface area contributed by atoms with Gasteiger partial charge < -0.3 is 9.84 Å². The second-order valence-electron chi connectivity index (χ2n) is 4.39. The van der Waals surface area contributed by atoms with Crippen molar-refractivity contribution in [1.29, 1.82) is 0 Å². The molecule has 0 amide bonds. The topological polar surface area (TPSA) is 49.8 Å². The van der Waals surface area contributed by atoms with Crippen LogP contribution in [0.25, 0.3) is 0 Å². The molecule has 1 saturated heterocycles. The van der Waals surface area contributed by atoms with Crippen LogP contribution in [0, 0.1) is 11.8 Å². The smallest absolute Gasteiger partial charge is 0.354 e. The van der Waals surface area contributed by atoms with E-state index < -0.39 is 5.60 Å². The molecule has 0 bridgehead atoms. The Bertz CT molecular complexity index is 218. The van der Waals surface area contributed by atoms with E-state index in [-0.39, 0.29) is 18.5 Å². The lowest BCUT2D eigenvalue weighted by molar-refractivity contribution is -0.117. The Balaban J connectivity index is 1.98. The van der Waals surface area contributed by atoms with Crippen molar-refractivity contribution in [3.8, 4) is 0 Å². The fraction of sp³-hybridized carbons (Fsp3) is 0.900. The van der Waals surface area contributed by atoms with E-state index in [1.54, 1.807) is 0 Å². The number of carbonyl (C=O) groups is 1. The van der Waals surface area contributed by atoms with Crippen LogP contribution in [0.4, 0.5) is 0 Å². The van der Waals surface area contributed by atoms with Crippen LogP contribution in [0.5, 0.6) is 0 Å². The van der Waals surface area contributed by atoms with E-state index in [9.17, 15) is 4.79 Å². The zero-order valence-electron chi connectivity index (χ0n) is 7.95. The van der Waals surface area contributed by atoms with E-state index in [1.807, 2.05) is 0 Å². The lowest BCUT2D eigenvalue weighted by atomic mass is 9.76. The minimum Gasteiger partial charge on any atom is -0.441 e. The molecule has 0 spiro atoms. The van der Waals surface area contributed by atoms with Crippen molar-refractivity contribution in [3.05, 3.63) is 0 Å². The molecule has 1 saturated carbocycles. The van der Waals surface area contributed by atoms with Gasteiger partial charge in [0.1, 0.15) is 0 Å². The molecule has 0 aromatic carbocycles. The first kappa shape index (κ1) is 9.00. The molecule has 74 valence electrons. The van der Waals surface area contributed by atoms with E-state index in [4.69, 9.17) is 9.84 Å². The molecule has 3 nitrogen and oxygen atoms in total. The molecule has 1 aliphatic carbocycles. The predicted octanol–water partition coefficient (Wildman–Crippen LogP) is 1.10. The SMILES string of the molecule is CC1CCC(C2(CO)OC2=O)CC1. The monoisotopic (exact) mass is 184 g/mol. The Hall–Kier alpha value is -0.570. The molecule has 0 aromatic heterocycles. The second-order valence-corrected chi connectivity index (χ2v) is 4.39. The molecule has 2 aliphatic rings. The number of ether oxygens (including phenoxy) is 1. The lowest BCUT2D eigenvalue weighted by Gasteiger charge is -2.27. The average molecular weight is 184 g/mol. The summed E-state index contributed by atoms with van der Waals surface area (Å²) in [5.41, 5.74) is -0.778. The number of epoxide rings is 1. The number of rotatable bonds is 2. The van der Waals surface area contributed by atoms with Gasteiger partial charge in [-0.15, -0.1) is 0 Å². The van der Waals surface area contributed by atoms with Gasteiger partial charge in [-0.05, 0) is 18.8 Å². The van der Waals surface area contributed by atoms with Gasteiger partial charge in [0.2, 0.25) is 5.60 Å².